The average Bonchev–Trinajstić information content (AvgIpc) is 2.84. The summed E-state index contributed by atoms with van der Waals surface area (Å²) in [5.41, 5.74) is -2.64. The Kier molecular flexibility index (Phi) is 3.49. The fourth-order valence-electron chi connectivity index (χ4n) is 4.55. The van der Waals surface area contributed by atoms with Crippen molar-refractivity contribution in [2.75, 3.05) is 0 Å². The number of ether oxygens (including phenoxy) is 2. The molecule has 0 aromatic heterocycles. The maximum absolute atomic E-state index is 13.7. The number of aliphatic hydroxyl groups is 1. The third kappa shape index (κ3) is 5.16. The highest BCUT2D eigenvalue weighted by atomic mass is 16.6. The minimum Gasteiger partial charge on any atom is -0.462 e. The van der Waals surface area contributed by atoms with Crippen LogP contribution in [0, 0.1) is 29.1 Å². The molecule has 0 radical (unpaired) electrons. The molecule has 168 valence electrons. The van der Waals surface area contributed by atoms with Crippen LogP contribution in [0.15, 0.2) is 23.8 Å². The van der Waals surface area contributed by atoms with E-state index in [1.807, 2.05) is 13.0 Å². The van der Waals surface area contributed by atoms with Gasteiger partial charge >= 0.3 is 11.9 Å². The Hall–Kier alpha value is -1.62. The molecule has 5 nitrogen and oxygen atoms in total. The second-order valence-electron chi connectivity index (χ2n) is 8.61. The van der Waals surface area contributed by atoms with Crippen LogP contribution in [0.5, 0.6) is 0 Å². The number of esters is 2. The fourth-order valence-corrected chi connectivity index (χ4v) is 4.55. The molecule has 1 heterocycles. The Labute approximate surface area is 199 Å². The lowest BCUT2D eigenvalue weighted by molar-refractivity contribution is -0.166. The van der Waals surface area contributed by atoms with Crippen LogP contribution < -0.4 is 0 Å². The first kappa shape index (κ1) is 11.3. The quantitative estimate of drug-likeness (QED) is 0.623. The van der Waals surface area contributed by atoms with Gasteiger partial charge in [-0.15, -0.1) is 0 Å². The van der Waals surface area contributed by atoms with Gasteiger partial charge in [-0.05, 0) is 62.7 Å². The number of cyclic esters (lactones) is 1. The lowest BCUT2D eigenvalue weighted by Crippen LogP contribution is -2.43. The van der Waals surface area contributed by atoms with Gasteiger partial charge in [0.1, 0.15) is 12.2 Å². The molecular formula is C25H38O5. The van der Waals surface area contributed by atoms with Gasteiger partial charge in [0.2, 0.25) is 0 Å². The zero-order valence-electron chi connectivity index (χ0n) is 30.2. The third-order valence-corrected chi connectivity index (χ3v) is 6.18. The molecule has 1 saturated heterocycles. The van der Waals surface area contributed by atoms with Crippen molar-refractivity contribution < 1.29 is 42.0 Å². The summed E-state index contributed by atoms with van der Waals surface area (Å²) in [6, 6.07) is 0. The first-order chi connectivity index (χ1) is 19.3. The second kappa shape index (κ2) is 9.25. The minimum absolute atomic E-state index is 0.149. The van der Waals surface area contributed by atoms with E-state index >= 15 is 0 Å². The summed E-state index contributed by atoms with van der Waals surface area (Å²) in [5.74, 6) is -5.21. The van der Waals surface area contributed by atoms with Crippen LogP contribution >= 0.6 is 0 Å². The molecule has 5 heteroatoms. The summed E-state index contributed by atoms with van der Waals surface area (Å²) < 4.78 is 113. The van der Waals surface area contributed by atoms with Gasteiger partial charge in [0.15, 0.2) is 0 Å². The van der Waals surface area contributed by atoms with E-state index in [0.717, 1.165) is 0 Å². The Morgan fingerprint density at radius 2 is 2.30 bits per heavy atom. The molecule has 0 amide bonds. The van der Waals surface area contributed by atoms with Crippen molar-refractivity contribution in [2.45, 2.75) is 91.1 Å². The van der Waals surface area contributed by atoms with Crippen LogP contribution in [0.25, 0.3) is 0 Å². The van der Waals surface area contributed by atoms with Crippen molar-refractivity contribution in [3.05, 3.63) is 23.8 Å². The molecule has 2 aliphatic carbocycles. The standard InChI is InChI=1S/C25H38O5/c1-6-25(4,5)24(28)30-21-12-15(2)11-17-8-7-16(3)20(23(17)21)10-9-19-13-18(26)14-22(27)29-19/h7-8,11,15-16,18-21,23,26H,6,9-10,12-14H2,1-5H3/t15-,16-,18+,19?,20-,21-,23-/m0/s1/i1D3,2D3,4D3,6D2,14D2/t15-,16-,18+,19?,20-,21-,23-,25?. The van der Waals surface area contributed by atoms with Gasteiger partial charge in [0.05, 0.1) is 17.9 Å². The molecule has 0 aromatic carbocycles. The van der Waals surface area contributed by atoms with E-state index in [2.05, 4.69) is 0 Å². The molecule has 0 aromatic rings. The van der Waals surface area contributed by atoms with Gasteiger partial charge in [-0.2, -0.15) is 0 Å². The maximum Gasteiger partial charge on any atom is 0.311 e. The molecule has 0 bridgehead atoms. The Balaban J connectivity index is 1.99. The normalized spacial score (nSPS) is 48.0. The highest BCUT2D eigenvalue weighted by Gasteiger charge is 2.43. The molecule has 3 rings (SSSR count). The van der Waals surface area contributed by atoms with Crippen molar-refractivity contribution in [1.82, 2.24) is 0 Å². The van der Waals surface area contributed by atoms with Crippen molar-refractivity contribution in [2.24, 2.45) is 29.1 Å². The molecule has 2 unspecified atom stereocenters. The van der Waals surface area contributed by atoms with E-state index in [0.29, 0.717) is 18.9 Å². The second-order valence-corrected chi connectivity index (χ2v) is 8.61. The van der Waals surface area contributed by atoms with Crippen molar-refractivity contribution in [1.29, 1.82) is 0 Å². The first-order valence-electron chi connectivity index (χ1n) is 16.8. The highest BCUT2D eigenvalue weighted by molar-refractivity contribution is 5.76. The van der Waals surface area contributed by atoms with E-state index in [1.54, 1.807) is 12.2 Å². The lowest BCUT2D eigenvalue weighted by Gasteiger charge is -2.44. The summed E-state index contributed by atoms with van der Waals surface area (Å²) >= 11 is 0. The van der Waals surface area contributed by atoms with E-state index < -0.39 is 80.8 Å². The molecule has 0 spiro atoms. The number of rotatable bonds is 6. The van der Waals surface area contributed by atoms with Gasteiger partial charge < -0.3 is 14.6 Å². The summed E-state index contributed by atoms with van der Waals surface area (Å²) in [4.78, 5) is 25.8. The zero-order chi connectivity index (χ0) is 33.1. The number of allylic oxidation sites excluding steroid dienone is 3. The Morgan fingerprint density at radius 1 is 1.47 bits per heavy atom. The van der Waals surface area contributed by atoms with Gasteiger partial charge in [-0.3, -0.25) is 9.59 Å². The van der Waals surface area contributed by atoms with Crippen molar-refractivity contribution >= 4 is 11.9 Å². The van der Waals surface area contributed by atoms with Gasteiger partial charge in [-0.25, -0.2) is 0 Å². The molecule has 1 aliphatic heterocycles. The van der Waals surface area contributed by atoms with Crippen LogP contribution in [-0.2, 0) is 19.1 Å². The Morgan fingerprint density at radius 3 is 3.00 bits per heavy atom. The average molecular weight is 432 g/mol. The number of carbonyl (C=O) groups excluding carboxylic acids is 2. The zero-order valence-corrected chi connectivity index (χ0v) is 17.2. The summed E-state index contributed by atoms with van der Waals surface area (Å²) in [6.45, 7) is -6.96. The monoisotopic (exact) mass is 431 g/mol. The smallest absolute Gasteiger partial charge is 0.311 e. The van der Waals surface area contributed by atoms with Gasteiger partial charge in [0, 0.05) is 30.2 Å². The van der Waals surface area contributed by atoms with E-state index in [9.17, 15) is 14.7 Å². The van der Waals surface area contributed by atoms with Crippen molar-refractivity contribution in [3.8, 4) is 0 Å². The lowest BCUT2D eigenvalue weighted by atomic mass is 9.65. The van der Waals surface area contributed by atoms with E-state index in [1.165, 1.54) is 0 Å². The minimum atomic E-state index is -3.55. The van der Waals surface area contributed by atoms with Crippen LogP contribution in [0.2, 0.25) is 0 Å². The number of carbonyl (C=O) groups is 2. The number of hydrogen-bond donors (Lipinski definition) is 1. The maximum atomic E-state index is 13.7. The number of aliphatic hydroxyl groups excluding tert-OH is 1. The van der Waals surface area contributed by atoms with E-state index in [4.69, 9.17) is 27.3 Å². The van der Waals surface area contributed by atoms with Crippen LogP contribution in [0.3, 0.4) is 0 Å². The van der Waals surface area contributed by atoms with Crippen LogP contribution in [0.4, 0.5) is 0 Å². The Bertz CT molecular complexity index is 1140. The van der Waals surface area contributed by atoms with Crippen LogP contribution in [-0.4, -0.2) is 35.4 Å². The first-order valence-corrected chi connectivity index (χ1v) is 10.3. The fraction of sp³-hybridized carbons (Fsp3) is 0.760. The topological polar surface area (TPSA) is 72.8 Å². The predicted molar refractivity (Wildman–Crippen MR) is 115 cm³/mol. The van der Waals surface area contributed by atoms with Gasteiger partial charge in [0.25, 0.3) is 0 Å². The molecule has 30 heavy (non-hydrogen) atoms. The van der Waals surface area contributed by atoms with Gasteiger partial charge in [-0.1, -0.05) is 38.9 Å². The van der Waals surface area contributed by atoms with Crippen molar-refractivity contribution in [3.63, 3.8) is 0 Å². The summed E-state index contributed by atoms with van der Waals surface area (Å²) in [5, 5.41) is 10.1. The predicted octanol–water partition coefficient (Wildman–Crippen LogP) is 4.59. The molecule has 1 N–H and O–H groups in total. The van der Waals surface area contributed by atoms with Crippen LogP contribution in [0.1, 0.15) is 90.7 Å². The number of hydrogen-bond acceptors (Lipinski definition) is 5. The third-order valence-electron chi connectivity index (χ3n) is 6.18. The number of fused-ring (bicyclic) bond motifs is 1. The summed E-state index contributed by atoms with van der Waals surface area (Å²) in [6.07, 6.45) is -4.63. The molecule has 0 saturated carbocycles. The SMILES string of the molecule is [2H]C([2H])([2H])[C@H]1C=C2C=C[C@H](C)[C@H](CCC3C[C@@H](O)C([2H])([2H])C(=O)O3)[C@H]2[C@@H](OC(=O)C(C)(C([2H])([2H])[2H])C([2H])([2H])C([2H])([2H])[2H])C1. The molecular weight excluding hydrogens is 380 g/mol. The van der Waals surface area contributed by atoms with E-state index in [-0.39, 0.29) is 31.1 Å². The largest absolute Gasteiger partial charge is 0.462 e. The summed E-state index contributed by atoms with van der Waals surface area (Å²) in [7, 11) is 0. The highest BCUT2D eigenvalue weighted by Crippen LogP contribution is 2.45. The molecule has 1 fully saturated rings. The molecule has 8 atom stereocenters. The molecule has 3 aliphatic rings.